The molecule has 6 heteroatoms. The lowest BCUT2D eigenvalue weighted by molar-refractivity contribution is -0.121. The molecular formula is C22H24N4O2. The molecule has 6 nitrogen and oxygen atoms in total. The van der Waals surface area contributed by atoms with Gasteiger partial charge in [-0.2, -0.15) is 0 Å². The topological polar surface area (TPSA) is 78.1 Å². The van der Waals surface area contributed by atoms with E-state index in [1.807, 2.05) is 48.5 Å². The number of piperidine rings is 1. The normalized spacial score (nSPS) is 16.8. The summed E-state index contributed by atoms with van der Waals surface area (Å²) in [5.41, 5.74) is 1.44. The molecule has 2 aromatic carbocycles. The van der Waals surface area contributed by atoms with E-state index in [1.54, 1.807) is 6.07 Å². The van der Waals surface area contributed by atoms with Gasteiger partial charge in [-0.1, -0.05) is 30.3 Å². The zero-order valence-electron chi connectivity index (χ0n) is 15.9. The Hall–Kier alpha value is -2.99. The second kappa shape index (κ2) is 7.94. The molecule has 0 unspecified atom stereocenters. The summed E-state index contributed by atoms with van der Waals surface area (Å²) in [6.45, 7) is 3.65. The second-order valence-corrected chi connectivity index (χ2v) is 7.31. The van der Waals surface area contributed by atoms with Crippen molar-refractivity contribution in [1.82, 2.24) is 14.9 Å². The van der Waals surface area contributed by atoms with Crippen molar-refractivity contribution < 1.29 is 4.79 Å². The van der Waals surface area contributed by atoms with E-state index in [0.29, 0.717) is 16.7 Å². The Bertz CT molecular complexity index is 1020. The maximum Gasteiger partial charge on any atom is 0.258 e. The number of anilines is 1. The first-order valence-electron chi connectivity index (χ1n) is 9.71. The largest absolute Gasteiger partial charge is 0.326 e. The monoisotopic (exact) mass is 376 g/mol. The number of nitrogens with zero attached hydrogens (tertiary/aromatic N) is 2. The van der Waals surface area contributed by atoms with Gasteiger partial charge in [-0.3, -0.25) is 14.5 Å². The number of carbonyl (C=O) groups excluding carboxylic acids is 1. The smallest absolute Gasteiger partial charge is 0.258 e. The summed E-state index contributed by atoms with van der Waals surface area (Å²) < 4.78 is 0. The first-order chi connectivity index (χ1) is 13.6. The van der Waals surface area contributed by atoms with E-state index in [-0.39, 0.29) is 23.4 Å². The summed E-state index contributed by atoms with van der Waals surface area (Å²) in [5, 5.41) is 3.60. The fraction of sp³-hybridized carbons (Fsp3) is 0.318. The number of para-hydroxylation sites is 2. The van der Waals surface area contributed by atoms with Crippen LogP contribution in [0.1, 0.15) is 31.6 Å². The molecule has 144 valence electrons. The van der Waals surface area contributed by atoms with Gasteiger partial charge in [0.25, 0.3) is 5.56 Å². The first kappa shape index (κ1) is 18.4. The molecule has 2 heterocycles. The van der Waals surface area contributed by atoms with E-state index in [0.717, 1.165) is 31.6 Å². The number of carbonyl (C=O) groups is 1. The minimum absolute atomic E-state index is 0.00422. The third kappa shape index (κ3) is 3.82. The maximum absolute atomic E-state index is 12.5. The number of likely N-dealkylation sites (tertiary alicyclic amines) is 1. The van der Waals surface area contributed by atoms with Crippen LogP contribution in [0, 0.1) is 5.92 Å². The number of aromatic nitrogens is 2. The molecule has 0 bridgehead atoms. The molecule has 1 atom stereocenters. The minimum atomic E-state index is -0.107. The molecule has 2 N–H and O–H groups in total. The summed E-state index contributed by atoms with van der Waals surface area (Å²) in [6, 6.07) is 16.9. The van der Waals surface area contributed by atoms with Crippen LogP contribution in [0.3, 0.4) is 0 Å². The molecule has 4 rings (SSSR count). The summed E-state index contributed by atoms with van der Waals surface area (Å²) >= 11 is 0. The Morgan fingerprint density at radius 2 is 1.79 bits per heavy atom. The van der Waals surface area contributed by atoms with Crippen LogP contribution in [0.4, 0.5) is 5.69 Å². The average Bonchev–Trinajstić information content (AvgIpc) is 2.74. The Kier molecular flexibility index (Phi) is 5.21. The Morgan fingerprint density at radius 3 is 2.54 bits per heavy atom. The molecule has 0 aliphatic carbocycles. The van der Waals surface area contributed by atoms with Crippen molar-refractivity contribution in [2.24, 2.45) is 5.92 Å². The van der Waals surface area contributed by atoms with Crippen LogP contribution < -0.4 is 10.9 Å². The number of H-pyrrole nitrogens is 1. The van der Waals surface area contributed by atoms with Crippen LogP contribution in [0.2, 0.25) is 0 Å². The predicted molar refractivity (Wildman–Crippen MR) is 110 cm³/mol. The number of hydrogen-bond donors (Lipinski definition) is 2. The van der Waals surface area contributed by atoms with Crippen LogP contribution in [-0.4, -0.2) is 33.9 Å². The highest BCUT2D eigenvalue weighted by atomic mass is 16.2. The second-order valence-electron chi connectivity index (χ2n) is 7.31. The highest BCUT2D eigenvalue weighted by Gasteiger charge is 2.28. The van der Waals surface area contributed by atoms with Gasteiger partial charge in [-0.25, -0.2) is 4.98 Å². The zero-order valence-corrected chi connectivity index (χ0v) is 15.9. The number of rotatable bonds is 4. The highest BCUT2D eigenvalue weighted by Crippen LogP contribution is 2.26. The number of fused-ring (bicyclic) bond motifs is 1. The third-order valence-electron chi connectivity index (χ3n) is 5.52. The fourth-order valence-electron chi connectivity index (χ4n) is 3.79. The highest BCUT2D eigenvalue weighted by molar-refractivity contribution is 5.92. The molecule has 28 heavy (non-hydrogen) atoms. The van der Waals surface area contributed by atoms with E-state index < -0.39 is 0 Å². The van der Waals surface area contributed by atoms with Gasteiger partial charge in [0.1, 0.15) is 5.82 Å². The number of hydrogen-bond acceptors (Lipinski definition) is 4. The lowest BCUT2D eigenvalue weighted by Crippen LogP contribution is -2.40. The minimum Gasteiger partial charge on any atom is -0.326 e. The van der Waals surface area contributed by atoms with Gasteiger partial charge in [-0.05, 0) is 57.1 Å². The van der Waals surface area contributed by atoms with Crippen molar-refractivity contribution in [3.8, 4) is 0 Å². The quantitative estimate of drug-likeness (QED) is 0.732. The van der Waals surface area contributed by atoms with Crippen molar-refractivity contribution in [3.63, 3.8) is 0 Å². The van der Waals surface area contributed by atoms with E-state index in [1.165, 1.54) is 0 Å². The average molecular weight is 376 g/mol. The Balaban J connectivity index is 1.41. The van der Waals surface area contributed by atoms with Crippen molar-refractivity contribution in [2.45, 2.75) is 25.8 Å². The van der Waals surface area contributed by atoms with Gasteiger partial charge >= 0.3 is 0 Å². The predicted octanol–water partition coefficient (Wildman–Crippen LogP) is 3.33. The first-order valence-corrected chi connectivity index (χ1v) is 9.71. The van der Waals surface area contributed by atoms with E-state index >= 15 is 0 Å². The van der Waals surface area contributed by atoms with E-state index in [4.69, 9.17) is 0 Å². The fourth-order valence-corrected chi connectivity index (χ4v) is 3.79. The summed E-state index contributed by atoms with van der Waals surface area (Å²) in [6.07, 6.45) is 1.58. The molecule has 1 fully saturated rings. The van der Waals surface area contributed by atoms with Gasteiger partial charge in [0.2, 0.25) is 5.91 Å². The summed E-state index contributed by atoms with van der Waals surface area (Å²) in [7, 11) is 0. The lowest BCUT2D eigenvalue weighted by atomic mass is 9.94. The summed E-state index contributed by atoms with van der Waals surface area (Å²) in [5.74, 6) is 0.763. The number of aromatic amines is 1. The van der Waals surface area contributed by atoms with E-state index in [9.17, 15) is 9.59 Å². The van der Waals surface area contributed by atoms with Crippen LogP contribution >= 0.6 is 0 Å². The van der Waals surface area contributed by atoms with Gasteiger partial charge in [0.05, 0.1) is 16.9 Å². The summed E-state index contributed by atoms with van der Waals surface area (Å²) in [4.78, 5) is 34.7. The molecule has 1 amide bonds. The maximum atomic E-state index is 12.5. The van der Waals surface area contributed by atoms with Gasteiger partial charge in [0.15, 0.2) is 0 Å². The number of amides is 1. The van der Waals surface area contributed by atoms with Crippen LogP contribution in [0.5, 0.6) is 0 Å². The SMILES string of the molecule is C[C@H](c1nc2ccccc2c(=O)[nH]1)N1CCC(C(=O)Nc2ccccc2)CC1. The lowest BCUT2D eigenvalue weighted by Gasteiger charge is -2.35. The molecule has 1 aliphatic heterocycles. The number of nitrogens with one attached hydrogen (secondary N) is 2. The Labute approximate surface area is 163 Å². The molecule has 0 saturated carbocycles. The molecule has 0 radical (unpaired) electrons. The number of benzene rings is 2. The zero-order chi connectivity index (χ0) is 19.5. The molecule has 1 aliphatic rings. The van der Waals surface area contributed by atoms with Crippen molar-refractivity contribution in [2.75, 3.05) is 18.4 Å². The van der Waals surface area contributed by atoms with Crippen molar-refractivity contribution in [3.05, 3.63) is 70.8 Å². The van der Waals surface area contributed by atoms with Crippen LogP contribution in [-0.2, 0) is 4.79 Å². The van der Waals surface area contributed by atoms with Gasteiger partial charge < -0.3 is 10.3 Å². The van der Waals surface area contributed by atoms with Gasteiger partial charge in [0, 0.05) is 11.6 Å². The molecular weight excluding hydrogens is 352 g/mol. The molecule has 1 aromatic heterocycles. The third-order valence-corrected chi connectivity index (χ3v) is 5.52. The Morgan fingerprint density at radius 1 is 1.11 bits per heavy atom. The van der Waals surface area contributed by atoms with Crippen LogP contribution in [0.25, 0.3) is 10.9 Å². The van der Waals surface area contributed by atoms with Crippen molar-refractivity contribution >= 4 is 22.5 Å². The van der Waals surface area contributed by atoms with E-state index in [2.05, 4.69) is 27.1 Å². The molecule has 3 aromatic rings. The van der Waals surface area contributed by atoms with Crippen LogP contribution in [0.15, 0.2) is 59.4 Å². The molecule has 1 saturated heterocycles. The van der Waals surface area contributed by atoms with Crippen molar-refractivity contribution in [1.29, 1.82) is 0 Å². The molecule has 0 spiro atoms. The standard InChI is InChI=1S/C22H24N4O2/c1-15(20-24-19-10-6-5-9-18(19)22(28)25-20)26-13-11-16(12-14-26)21(27)23-17-7-3-2-4-8-17/h2-10,15-16H,11-14H2,1H3,(H,23,27)(H,24,25,28)/t15-/m1/s1. The van der Waals surface area contributed by atoms with Gasteiger partial charge in [-0.15, -0.1) is 0 Å².